The molecule has 0 unspecified atom stereocenters. The maximum atomic E-state index is 11.6. The van der Waals surface area contributed by atoms with Gasteiger partial charge in [0.25, 0.3) is 0 Å². The smallest absolute Gasteiger partial charge is 0.336 e. The van der Waals surface area contributed by atoms with E-state index >= 15 is 0 Å². The van der Waals surface area contributed by atoms with Gasteiger partial charge < -0.3 is 10.2 Å². The SMILES string of the molecule is O=C(O)c1ccc(-c2ccc(-c3ccccc3)c(C(=O)O)c2)cc1. The molecule has 0 amide bonds. The number of hydrogen-bond acceptors (Lipinski definition) is 2. The molecule has 0 fully saturated rings. The molecule has 4 nitrogen and oxygen atoms in total. The molecule has 0 radical (unpaired) electrons. The number of rotatable bonds is 4. The molecule has 2 N–H and O–H groups in total. The second kappa shape index (κ2) is 6.38. The monoisotopic (exact) mass is 318 g/mol. The van der Waals surface area contributed by atoms with E-state index in [-0.39, 0.29) is 11.1 Å². The van der Waals surface area contributed by atoms with Gasteiger partial charge in [-0.05, 0) is 40.5 Å². The van der Waals surface area contributed by atoms with E-state index in [1.165, 1.54) is 12.1 Å². The number of aromatic carboxylic acids is 2. The van der Waals surface area contributed by atoms with E-state index in [2.05, 4.69) is 0 Å². The van der Waals surface area contributed by atoms with Gasteiger partial charge in [0.2, 0.25) is 0 Å². The van der Waals surface area contributed by atoms with Crippen LogP contribution in [0.4, 0.5) is 0 Å². The van der Waals surface area contributed by atoms with Gasteiger partial charge in [-0.2, -0.15) is 0 Å². The largest absolute Gasteiger partial charge is 0.478 e. The molecule has 0 aliphatic rings. The van der Waals surface area contributed by atoms with Crippen molar-refractivity contribution in [3.8, 4) is 22.3 Å². The molecule has 3 rings (SSSR count). The highest BCUT2D eigenvalue weighted by Crippen LogP contribution is 2.29. The van der Waals surface area contributed by atoms with Crippen LogP contribution in [0.1, 0.15) is 20.7 Å². The molecule has 0 aromatic heterocycles. The van der Waals surface area contributed by atoms with Crippen LogP contribution in [0.15, 0.2) is 72.8 Å². The Morgan fingerprint density at radius 2 is 1.25 bits per heavy atom. The lowest BCUT2D eigenvalue weighted by atomic mass is 9.94. The van der Waals surface area contributed by atoms with E-state index in [9.17, 15) is 14.7 Å². The van der Waals surface area contributed by atoms with Crippen LogP contribution in [0.2, 0.25) is 0 Å². The normalized spacial score (nSPS) is 10.3. The maximum Gasteiger partial charge on any atom is 0.336 e. The highest BCUT2D eigenvalue weighted by molar-refractivity contribution is 5.97. The minimum absolute atomic E-state index is 0.193. The highest BCUT2D eigenvalue weighted by atomic mass is 16.4. The summed E-state index contributed by atoms with van der Waals surface area (Å²) in [4.78, 5) is 22.6. The molecular weight excluding hydrogens is 304 g/mol. The summed E-state index contributed by atoms with van der Waals surface area (Å²) in [6.45, 7) is 0. The fraction of sp³-hybridized carbons (Fsp3) is 0. The Balaban J connectivity index is 2.06. The molecule has 0 spiro atoms. The molecule has 0 aliphatic carbocycles. The van der Waals surface area contributed by atoms with Crippen molar-refractivity contribution in [1.82, 2.24) is 0 Å². The van der Waals surface area contributed by atoms with Gasteiger partial charge in [0, 0.05) is 0 Å². The standard InChI is InChI=1S/C20H14O4/c21-19(22)15-8-6-13(7-9-15)16-10-11-17(18(12-16)20(23)24)14-4-2-1-3-5-14/h1-12H,(H,21,22)(H,23,24). The summed E-state index contributed by atoms with van der Waals surface area (Å²) in [7, 11) is 0. The highest BCUT2D eigenvalue weighted by Gasteiger charge is 2.13. The molecule has 0 atom stereocenters. The quantitative estimate of drug-likeness (QED) is 0.747. The minimum Gasteiger partial charge on any atom is -0.478 e. The first-order valence-corrected chi connectivity index (χ1v) is 7.33. The van der Waals surface area contributed by atoms with Gasteiger partial charge in [0.05, 0.1) is 11.1 Å². The zero-order chi connectivity index (χ0) is 17.1. The molecule has 3 aromatic carbocycles. The third-order valence-corrected chi connectivity index (χ3v) is 3.80. The van der Waals surface area contributed by atoms with E-state index in [0.717, 1.165) is 16.7 Å². The van der Waals surface area contributed by atoms with Gasteiger partial charge in [0.1, 0.15) is 0 Å². The number of carbonyl (C=O) groups is 2. The van der Waals surface area contributed by atoms with E-state index in [1.807, 2.05) is 36.4 Å². The van der Waals surface area contributed by atoms with Crippen LogP contribution >= 0.6 is 0 Å². The average Bonchev–Trinajstić information content (AvgIpc) is 2.62. The Morgan fingerprint density at radius 3 is 1.83 bits per heavy atom. The molecule has 0 bridgehead atoms. The van der Waals surface area contributed by atoms with Crippen molar-refractivity contribution in [2.75, 3.05) is 0 Å². The van der Waals surface area contributed by atoms with Crippen molar-refractivity contribution in [3.05, 3.63) is 83.9 Å². The molecule has 0 aliphatic heterocycles. The summed E-state index contributed by atoms with van der Waals surface area (Å²) < 4.78 is 0. The van der Waals surface area contributed by atoms with Crippen LogP contribution in [0.25, 0.3) is 22.3 Å². The summed E-state index contributed by atoms with van der Waals surface area (Å²) in [6, 6.07) is 20.9. The summed E-state index contributed by atoms with van der Waals surface area (Å²) in [5.41, 5.74) is 3.38. The third kappa shape index (κ3) is 3.03. The fourth-order valence-electron chi connectivity index (χ4n) is 2.58. The van der Waals surface area contributed by atoms with Gasteiger partial charge in [-0.25, -0.2) is 9.59 Å². The zero-order valence-corrected chi connectivity index (χ0v) is 12.6. The molecule has 3 aromatic rings. The number of carboxylic acid groups (broad SMARTS) is 2. The lowest BCUT2D eigenvalue weighted by Crippen LogP contribution is -2.00. The first kappa shape index (κ1) is 15.5. The molecule has 0 saturated carbocycles. The minimum atomic E-state index is -1.00. The predicted molar refractivity (Wildman–Crippen MR) is 91.2 cm³/mol. The molecule has 0 heterocycles. The Bertz CT molecular complexity index is 897. The lowest BCUT2D eigenvalue weighted by molar-refractivity contribution is 0.0686. The van der Waals surface area contributed by atoms with E-state index in [1.54, 1.807) is 24.3 Å². The fourth-order valence-corrected chi connectivity index (χ4v) is 2.58. The predicted octanol–water partition coefficient (Wildman–Crippen LogP) is 4.42. The Morgan fingerprint density at radius 1 is 0.625 bits per heavy atom. The summed E-state index contributed by atoms with van der Waals surface area (Å²) in [5.74, 6) is -2.00. The van der Waals surface area contributed by atoms with Gasteiger partial charge >= 0.3 is 11.9 Å². The van der Waals surface area contributed by atoms with Crippen molar-refractivity contribution >= 4 is 11.9 Å². The van der Waals surface area contributed by atoms with Crippen molar-refractivity contribution in [3.63, 3.8) is 0 Å². The van der Waals surface area contributed by atoms with Crippen LogP contribution in [0.3, 0.4) is 0 Å². The van der Waals surface area contributed by atoms with Crippen molar-refractivity contribution < 1.29 is 19.8 Å². The third-order valence-electron chi connectivity index (χ3n) is 3.80. The van der Waals surface area contributed by atoms with Crippen LogP contribution in [0.5, 0.6) is 0 Å². The van der Waals surface area contributed by atoms with E-state index < -0.39 is 11.9 Å². The topological polar surface area (TPSA) is 74.6 Å². The van der Waals surface area contributed by atoms with Crippen molar-refractivity contribution in [2.45, 2.75) is 0 Å². The summed E-state index contributed by atoms with van der Waals surface area (Å²) in [6.07, 6.45) is 0. The van der Waals surface area contributed by atoms with Gasteiger partial charge in [0.15, 0.2) is 0 Å². The first-order valence-electron chi connectivity index (χ1n) is 7.33. The summed E-state index contributed by atoms with van der Waals surface area (Å²) in [5, 5.41) is 18.5. The number of benzene rings is 3. The molecular formula is C20H14O4. The van der Waals surface area contributed by atoms with Crippen molar-refractivity contribution in [2.24, 2.45) is 0 Å². The molecule has 0 saturated heterocycles. The molecule has 118 valence electrons. The Kier molecular flexibility index (Phi) is 4.12. The van der Waals surface area contributed by atoms with Crippen LogP contribution < -0.4 is 0 Å². The van der Waals surface area contributed by atoms with Gasteiger partial charge in [-0.1, -0.05) is 54.6 Å². The Labute approximate surface area is 138 Å². The van der Waals surface area contributed by atoms with E-state index in [4.69, 9.17) is 5.11 Å². The zero-order valence-electron chi connectivity index (χ0n) is 12.6. The number of hydrogen-bond donors (Lipinski definition) is 2. The lowest BCUT2D eigenvalue weighted by Gasteiger charge is -2.10. The molecule has 24 heavy (non-hydrogen) atoms. The second-order valence-electron chi connectivity index (χ2n) is 5.31. The summed E-state index contributed by atoms with van der Waals surface area (Å²) >= 11 is 0. The van der Waals surface area contributed by atoms with Crippen molar-refractivity contribution in [1.29, 1.82) is 0 Å². The first-order chi connectivity index (χ1) is 11.6. The van der Waals surface area contributed by atoms with Crippen LogP contribution in [-0.4, -0.2) is 22.2 Å². The van der Waals surface area contributed by atoms with Crippen LogP contribution in [0, 0.1) is 0 Å². The van der Waals surface area contributed by atoms with Gasteiger partial charge in [-0.15, -0.1) is 0 Å². The number of carboxylic acids is 2. The maximum absolute atomic E-state index is 11.6. The van der Waals surface area contributed by atoms with Crippen LogP contribution in [-0.2, 0) is 0 Å². The van der Waals surface area contributed by atoms with Gasteiger partial charge in [-0.3, -0.25) is 0 Å². The Hall–Kier alpha value is -3.40. The second-order valence-corrected chi connectivity index (χ2v) is 5.31. The molecule has 4 heteroatoms. The average molecular weight is 318 g/mol. The van der Waals surface area contributed by atoms with E-state index in [0.29, 0.717) is 5.56 Å².